The molecule has 0 bridgehead atoms. The number of carboxylic acids is 1. The number of aliphatic hydroxyl groups is 1. The van der Waals surface area contributed by atoms with Gasteiger partial charge in [-0.25, -0.2) is 0 Å². The summed E-state index contributed by atoms with van der Waals surface area (Å²) in [6.07, 6.45) is 8.32. The van der Waals surface area contributed by atoms with Crippen molar-refractivity contribution in [2.75, 3.05) is 6.54 Å². The van der Waals surface area contributed by atoms with Crippen LogP contribution in [0.15, 0.2) is 21.4 Å². The fourth-order valence-corrected chi connectivity index (χ4v) is 20.9. The van der Waals surface area contributed by atoms with E-state index in [1.807, 2.05) is 6.08 Å². The molecule has 0 saturated carbocycles. The molecule has 2 heterocycles. The summed E-state index contributed by atoms with van der Waals surface area (Å²) in [5.41, 5.74) is 0.115. The summed E-state index contributed by atoms with van der Waals surface area (Å²) in [6.45, 7) is 6.93. The molecule has 0 aromatic heterocycles. The van der Waals surface area contributed by atoms with Gasteiger partial charge in [-0.15, -0.1) is 0 Å². The van der Waals surface area contributed by atoms with Gasteiger partial charge in [-0.3, -0.25) is 0 Å². The summed E-state index contributed by atoms with van der Waals surface area (Å²) in [5, 5.41) is 22.0. The summed E-state index contributed by atoms with van der Waals surface area (Å²) < 4.78 is 4.69. The molecule has 2 rings (SSSR count). The van der Waals surface area contributed by atoms with E-state index in [2.05, 4.69) is 20.8 Å². The van der Waals surface area contributed by atoms with Gasteiger partial charge in [0.05, 0.1) is 0 Å². The van der Waals surface area contributed by atoms with E-state index in [-0.39, 0.29) is 12.0 Å². The van der Waals surface area contributed by atoms with Crippen molar-refractivity contribution in [1.82, 2.24) is 10.0 Å². The normalized spacial score (nSPS) is 19.9. The zero-order chi connectivity index (χ0) is 22.3. The number of nitrogens with zero attached hydrogens (tertiary/aromatic N) is 2. The minimum absolute atomic E-state index is 0.115. The summed E-state index contributed by atoms with van der Waals surface area (Å²) in [5.74, 6) is -2.21. The van der Waals surface area contributed by atoms with Gasteiger partial charge in [-0.2, -0.15) is 0 Å². The average molecular weight is 527 g/mol. The molecule has 8 heteroatoms. The molecule has 0 aromatic carbocycles. The second-order valence-corrected chi connectivity index (χ2v) is 21.9. The molecule has 2 N–H and O–H groups in total. The Kier molecular flexibility index (Phi) is 9.40. The second-order valence-electron chi connectivity index (χ2n) is 8.51. The van der Waals surface area contributed by atoms with Gasteiger partial charge >= 0.3 is 184 Å². The van der Waals surface area contributed by atoms with Crippen LogP contribution in [0.4, 0.5) is 0 Å². The van der Waals surface area contributed by atoms with Crippen LogP contribution in [0.25, 0.3) is 0 Å². The molecule has 1 fully saturated rings. The average Bonchev–Trinajstić information content (AvgIpc) is 2.98. The van der Waals surface area contributed by atoms with Crippen molar-refractivity contribution < 1.29 is 24.6 Å². The standard InChI is InChI=1S/C10H9N2O5.3C4H9.Sn/c13-7-4-8(14)12(9(7)15)11-3-1-2-6(5-11)10(16)17;3*1-3-4-2;/h2,5,7,13H,3-4H2,(H,16,17);3*1,3-4H2,2H3;. The molecule has 0 spiro atoms. The van der Waals surface area contributed by atoms with Crippen LogP contribution in [-0.4, -0.2) is 69.0 Å². The Morgan fingerprint density at radius 1 is 1.07 bits per heavy atom. The molecule has 0 aromatic rings. The summed E-state index contributed by atoms with van der Waals surface area (Å²) in [7, 11) is 0. The second kappa shape index (κ2) is 11.3. The van der Waals surface area contributed by atoms with Crippen molar-refractivity contribution >= 4 is 36.2 Å². The van der Waals surface area contributed by atoms with Crippen molar-refractivity contribution in [3.63, 3.8) is 0 Å². The Bertz CT molecular complexity index is 697. The van der Waals surface area contributed by atoms with Crippen LogP contribution in [0.3, 0.4) is 0 Å². The number of amides is 2. The topological polar surface area (TPSA) is 98.2 Å². The van der Waals surface area contributed by atoms with E-state index >= 15 is 0 Å². The summed E-state index contributed by atoms with van der Waals surface area (Å²) in [4.78, 5) is 36.7. The van der Waals surface area contributed by atoms with Crippen molar-refractivity contribution in [2.24, 2.45) is 0 Å². The Labute approximate surface area is 183 Å². The van der Waals surface area contributed by atoms with E-state index in [1.165, 1.54) is 28.1 Å². The third-order valence-electron chi connectivity index (χ3n) is 6.26. The number of carbonyl (C=O) groups is 3. The molecule has 2 aliphatic rings. The number of hydrazine groups is 1. The number of hydrogen-bond donors (Lipinski definition) is 2. The maximum atomic E-state index is 12.4. The van der Waals surface area contributed by atoms with Crippen molar-refractivity contribution in [3.05, 3.63) is 21.4 Å². The number of hydrogen-bond acceptors (Lipinski definition) is 5. The zero-order valence-corrected chi connectivity index (χ0v) is 21.4. The van der Waals surface area contributed by atoms with Crippen LogP contribution in [0.1, 0.15) is 65.7 Å². The Hall–Kier alpha value is -1.35. The van der Waals surface area contributed by atoms with Gasteiger partial charge in [0.15, 0.2) is 0 Å². The molecule has 2 amide bonds. The summed E-state index contributed by atoms with van der Waals surface area (Å²) >= 11 is -2.94. The van der Waals surface area contributed by atoms with E-state index in [4.69, 9.17) is 0 Å². The summed E-state index contributed by atoms with van der Waals surface area (Å²) in [6, 6.07) is 0. The first-order valence-corrected chi connectivity index (χ1v) is 18.7. The molecule has 0 aliphatic carbocycles. The first-order valence-electron chi connectivity index (χ1n) is 11.3. The van der Waals surface area contributed by atoms with Crippen LogP contribution >= 0.6 is 0 Å². The van der Waals surface area contributed by atoms with E-state index in [9.17, 15) is 24.6 Å². The van der Waals surface area contributed by atoms with E-state index < -0.39 is 42.3 Å². The number of imide groups is 1. The Morgan fingerprint density at radius 3 is 2.00 bits per heavy atom. The van der Waals surface area contributed by atoms with Crippen LogP contribution < -0.4 is 0 Å². The molecular weight excluding hydrogens is 491 g/mol. The van der Waals surface area contributed by atoms with Gasteiger partial charge in [0.1, 0.15) is 0 Å². The van der Waals surface area contributed by atoms with Crippen LogP contribution in [-0.2, 0) is 14.4 Å². The van der Waals surface area contributed by atoms with Gasteiger partial charge < -0.3 is 0 Å². The van der Waals surface area contributed by atoms with Crippen molar-refractivity contribution in [3.8, 4) is 0 Å². The number of carbonyl (C=O) groups excluding carboxylic acids is 2. The fourth-order valence-electron chi connectivity index (χ4n) is 4.49. The predicted molar refractivity (Wildman–Crippen MR) is 118 cm³/mol. The Morgan fingerprint density at radius 2 is 1.60 bits per heavy atom. The zero-order valence-electron chi connectivity index (χ0n) is 18.5. The van der Waals surface area contributed by atoms with Gasteiger partial charge in [-0.05, 0) is 0 Å². The predicted octanol–water partition coefficient (Wildman–Crippen LogP) is 3.62. The SMILES string of the molecule is CCC[CH2][Sn]([CH2]CCC)([CH2]CCC)[C]1=CC(C(=O)O)=CN(N2C(=O)CC(O)C2=O)C1. The Balaban J connectivity index is 2.47. The van der Waals surface area contributed by atoms with Gasteiger partial charge in [-0.1, -0.05) is 0 Å². The number of aliphatic hydroxyl groups excluding tert-OH is 1. The molecule has 1 saturated heterocycles. The number of rotatable bonds is 12. The van der Waals surface area contributed by atoms with Crippen molar-refractivity contribution in [2.45, 2.75) is 85.1 Å². The number of carboxylic acid groups (broad SMARTS) is 1. The minimum atomic E-state index is -2.94. The third kappa shape index (κ3) is 5.66. The molecule has 1 atom stereocenters. The van der Waals surface area contributed by atoms with Crippen LogP contribution in [0.2, 0.25) is 13.3 Å². The number of unbranched alkanes of at least 4 members (excludes halogenated alkanes) is 3. The van der Waals surface area contributed by atoms with E-state index in [0.29, 0.717) is 6.54 Å². The molecule has 2 aliphatic heterocycles. The van der Waals surface area contributed by atoms with Gasteiger partial charge in [0.2, 0.25) is 0 Å². The monoisotopic (exact) mass is 528 g/mol. The first-order chi connectivity index (χ1) is 14.3. The van der Waals surface area contributed by atoms with Crippen LogP contribution in [0.5, 0.6) is 0 Å². The molecule has 1 unspecified atom stereocenters. The van der Waals surface area contributed by atoms with Crippen molar-refractivity contribution in [1.29, 1.82) is 0 Å². The van der Waals surface area contributed by atoms with E-state index in [1.54, 1.807) is 0 Å². The maximum absolute atomic E-state index is 12.4. The third-order valence-corrected chi connectivity index (χ3v) is 22.2. The quantitative estimate of drug-likeness (QED) is 0.297. The first kappa shape index (κ1) is 24.9. The molecule has 7 nitrogen and oxygen atoms in total. The number of aliphatic carboxylic acids is 1. The molecule has 168 valence electrons. The van der Waals surface area contributed by atoms with Gasteiger partial charge in [0.25, 0.3) is 0 Å². The van der Waals surface area contributed by atoms with Gasteiger partial charge in [0, 0.05) is 0 Å². The van der Waals surface area contributed by atoms with Crippen LogP contribution in [0, 0.1) is 0 Å². The molecule has 30 heavy (non-hydrogen) atoms. The molecule has 0 radical (unpaired) electrons. The van der Waals surface area contributed by atoms with E-state index in [0.717, 1.165) is 43.5 Å². The molecular formula is C22H36N2O5Sn. The fraction of sp³-hybridized carbons (Fsp3) is 0.682.